The lowest BCUT2D eigenvalue weighted by Gasteiger charge is -1.90. The molecule has 0 aliphatic heterocycles. The van der Waals surface area contributed by atoms with Crippen molar-refractivity contribution in [2.45, 2.75) is 27.7 Å². The Hall–Kier alpha value is -0.990. The molecule has 1 heterocycles. The third kappa shape index (κ3) is 3.65. The fourth-order valence-corrected chi connectivity index (χ4v) is 0.631. The Morgan fingerprint density at radius 3 is 2.55 bits per heavy atom. The number of aromatic nitrogens is 1. The summed E-state index contributed by atoms with van der Waals surface area (Å²) in [6.45, 7) is 8.77. The summed E-state index contributed by atoms with van der Waals surface area (Å²) in [5.41, 5.74) is 0. The highest BCUT2D eigenvalue weighted by atomic mass is 16.5. The van der Waals surface area contributed by atoms with Gasteiger partial charge in [-0.25, -0.2) is 0 Å². The van der Waals surface area contributed by atoms with Gasteiger partial charge in [0, 0.05) is 12.6 Å². The standard InChI is InChI=1S/C6H10N2O.C2H6/c1-3-7-6-4-5(2)9-8-6;1-2/h4H,3H2,1-2H3,(H,7,8);1-2H3. The summed E-state index contributed by atoms with van der Waals surface area (Å²) in [6, 6.07) is 1.86. The highest BCUT2D eigenvalue weighted by Gasteiger charge is 1.94. The first-order valence-corrected chi connectivity index (χ1v) is 4.00. The van der Waals surface area contributed by atoms with Gasteiger partial charge in [0.25, 0.3) is 0 Å². The van der Waals surface area contributed by atoms with Crippen LogP contribution < -0.4 is 5.32 Å². The van der Waals surface area contributed by atoms with E-state index in [0.29, 0.717) is 0 Å². The normalized spacial score (nSPS) is 8.36. The fraction of sp³-hybridized carbons (Fsp3) is 0.625. The monoisotopic (exact) mass is 156 g/mol. The molecule has 64 valence electrons. The lowest BCUT2D eigenvalue weighted by atomic mass is 10.5. The molecular formula is C8H16N2O. The van der Waals surface area contributed by atoms with Gasteiger partial charge in [0.05, 0.1) is 0 Å². The van der Waals surface area contributed by atoms with Crippen molar-refractivity contribution in [3.63, 3.8) is 0 Å². The molecule has 0 amide bonds. The van der Waals surface area contributed by atoms with Crippen LogP contribution in [0.2, 0.25) is 0 Å². The van der Waals surface area contributed by atoms with Crippen molar-refractivity contribution >= 4 is 5.82 Å². The van der Waals surface area contributed by atoms with Gasteiger partial charge < -0.3 is 9.84 Å². The second kappa shape index (κ2) is 5.77. The Balaban J connectivity index is 0.000000461. The van der Waals surface area contributed by atoms with Crippen molar-refractivity contribution in [2.75, 3.05) is 11.9 Å². The Kier molecular flexibility index (Phi) is 5.25. The van der Waals surface area contributed by atoms with Crippen LogP contribution in [-0.4, -0.2) is 11.7 Å². The van der Waals surface area contributed by atoms with Gasteiger partial charge in [-0.1, -0.05) is 19.0 Å². The van der Waals surface area contributed by atoms with Gasteiger partial charge in [-0.2, -0.15) is 0 Å². The molecule has 0 aliphatic rings. The summed E-state index contributed by atoms with van der Waals surface area (Å²) < 4.78 is 4.80. The molecule has 1 N–H and O–H groups in total. The van der Waals surface area contributed by atoms with Crippen molar-refractivity contribution in [3.05, 3.63) is 11.8 Å². The topological polar surface area (TPSA) is 38.1 Å². The van der Waals surface area contributed by atoms with Crippen LogP contribution in [-0.2, 0) is 0 Å². The third-order valence-electron chi connectivity index (χ3n) is 0.986. The van der Waals surface area contributed by atoms with Gasteiger partial charge in [-0.3, -0.25) is 0 Å². The first-order valence-electron chi connectivity index (χ1n) is 4.00. The van der Waals surface area contributed by atoms with Gasteiger partial charge in [-0.15, -0.1) is 0 Å². The predicted molar refractivity (Wildman–Crippen MR) is 46.8 cm³/mol. The van der Waals surface area contributed by atoms with E-state index >= 15 is 0 Å². The van der Waals surface area contributed by atoms with Crippen molar-refractivity contribution in [1.82, 2.24) is 5.16 Å². The molecule has 1 rings (SSSR count). The number of hydrogen-bond acceptors (Lipinski definition) is 3. The zero-order valence-electron chi connectivity index (χ0n) is 7.64. The molecule has 0 unspecified atom stereocenters. The summed E-state index contributed by atoms with van der Waals surface area (Å²) in [5.74, 6) is 1.65. The molecule has 11 heavy (non-hydrogen) atoms. The average molecular weight is 156 g/mol. The van der Waals surface area contributed by atoms with Gasteiger partial charge in [-0.05, 0) is 13.8 Å². The molecular weight excluding hydrogens is 140 g/mol. The summed E-state index contributed by atoms with van der Waals surface area (Å²) >= 11 is 0. The summed E-state index contributed by atoms with van der Waals surface area (Å²) in [7, 11) is 0. The fourth-order valence-electron chi connectivity index (χ4n) is 0.631. The second-order valence-electron chi connectivity index (χ2n) is 1.85. The zero-order chi connectivity index (χ0) is 8.69. The highest BCUT2D eigenvalue weighted by molar-refractivity contribution is 5.32. The van der Waals surface area contributed by atoms with Crippen molar-refractivity contribution in [2.24, 2.45) is 0 Å². The molecule has 0 radical (unpaired) electrons. The number of aryl methyl sites for hydroxylation is 1. The van der Waals surface area contributed by atoms with E-state index in [-0.39, 0.29) is 0 Å². The van der Waals surface area contributed by atoms with Gasteiger partial charge in [0.1, 0.15) is 5.76 Å². The minimum Gasteiger partial charge on any atom is -0.368 e. The van der Waals surface area contributed by atoms with E-state index in [2.05, 4.69) is 10.5 Å². The molecule has 0 aromatic carbocycles. The summed E-state index contributed by atoms with van der Waals surface area (Å²) in [6.07, 6.45) is 0. The average Bonchev–Trinajstić information content (AvgIpc) is 2.41. The lowest BCUT2D eigenvalue weighted by molar-refractivity contribution is 0.400. The number of nitrogens with one attached hydrogen (secondary N) is 1. The molecule has 1 aromatic heterocycles. The third-order valence-corrected chi connectivity index (χ3v) is 0.986. The van der Waals surface area contributed by atoms with Crippen molar-refractivity contribution in [3.8, 4) is 0 Å². The molecule has 0 bridgehead atoms. The number of hydrogen-bond donors (Lipinski definition) is 1. The molecule has 0 atom stereocenters. The van der Waals surface area contributed by atoms with Crippen molar-refractivity contribution < 1.29 is 4.52 Å². The summed E-state index contributed by atoms with van der Waals surface area (Å²) in [5, 5.41) is 6.74. The maximum atomic E-state index is 4.80. The first kappa shape index (κ1) is 10.0. The van der Waals surface area contributed by atoms with Crippen LogP contribution in [0.3, 0.4) is 0 Å². The number of anilines is 1. The maximum Gasteiger partial charge on any atom is 0.169 e. The SMILES string of the molecule is CC.CCNc1cc(C)on1. The van der Waals surface area contributed by atoms with E-state index in [1.54, 1.807) is 0 Å². The first-order chi connectivity index (χ1) is 5.33. The van der Waals surface area contributed by atoms with E-state index in [1.165, 1.54) is 0 Å². The molecule has 0 spiro atoms. The van der Waals surface area contributed by atoms with Gasteiger partial charge in [0.2, 0.25) is 0 Å². The Labute approximate surface area is 67.8 Å². The van der Waals surface area contributed by atoms with E-state index in [1.807, 2.05) is 33.8 Å². The van der Waals surface area contributed by atoms with E-state index in [9.17, 15) is 0 Å². The van der Waals surface area contributed by atoms with Crippen molar-refractivity contribution in [1.29, 1.82) is 0 Å². The van der Waals surface area contributed by atoms with Gasteiger partial charge in [0.15, 0.2) is 5.82 Å². The Bertz CT molecular complexity index is 184. The molecule has 3 nitrogen and oxygen atoms in total. The predicted octanol–water partition coefficient (Wildman–Crippen LogP) is 2.44. The van der Waals surface area contributed by atoms with Crippen LogP contribution in [0.5, 0.6) is 0 Å². The molecule has 3 heteroatoms. The van der Waals surface area contributed by atoms with Crippen LogP contribution in [0.15, 0.2) is 10.6 Å². The second-order valence-corrected chi connectivity index (χ2v) is 1.85. The minimum atomic E-state index is 0.815. The van der Waals surface area contributed by atoms with Crippen LogP contribution in [0.25, 0.3) is 0 Å². The number of rotatable bonds is 2. The number of nitrogens with zero attached hydrogens (tertiary/aromatic N) is 1. The Morgan fingerprint density at radius 1 is 1.55 bits per heavy atom. The molecule has 0 aliphatic carbocycles. The van der Waals surface area contributed by atoms with Crippen LogP contribution in [0, 0.1) is 6.92 Å². The van der Waals surface area contributed by atoms with Crippen LogP contribution in [0.4, 0.5) is 5.82 Å². The van der Waals surface area contributed by atoms with E-state index in [0.717, 1.165) is 18.1 Å². The molecule has 0 fully saturated rings. The maximum absolute atomic E-state index is 4.80. The minimum absolute atomic E-state index is 0.815. The molecule has 0 saturated carbocycles. The largest absolute Gasteiger partial charge is 0.368 e. The van der Waals surface area contributed by atoms with E-state index in [4.69, 9.17) is 4.52 Å². The smallest absolute Gasteiger partial charge is 0.169 e. The quantitative estimate of drug-likeness (QED) is 0.714. The lowest BCUT2D eigenvalue weighted by Crippen LogP contribution is -1.95. The summed E-state index contributed by atoms with van der Waals surface area (Å²) in [4.78, 5) is 0. The Morgan fingerprint density at radius 2 is 2.18 bits per heavy atom. The van der Waals surface area contributed by atoms with Crippen LogP contribution >= 0.6 is 0 Å². The molecule has 1 aromatic rings. The zero-order valence-corrected chi connectivity index (χ0v) is 7.64. The van der Waals surface area contributed by atoms with Gasteiger partial charge >= 0.3 is 0 Å². The van der Waals surface area contributed by atoms with Crippen LogP contribution in [0.1, 0.15) is 26.5 Å². The molecule has 0 saturated heterocycles. The van der Waals surface area contributed by atoms with E-state index < -0.39 is 0 Å². The highest BCUT2D eigenvalue weighted by Crippen LogP contribution is 2.05.